The summed E-state index contributed by atoms with van der Waals surface area (Å²) in [6, 6.07) is 17.0. The normalized spacial score (nSPS) is 14.3. The highest BCUT2D eigenvalue weighted by atomic mass is 35.5. The van der Waals surface area contributed by atoms with E-state index in [1.54, 1.807) is 66.7 Å². The van der Waals surface area contributed by atoms with Gasteiger partial charge in [-0.05, 0) is 72.4 Å². The highest BCUT2D eigenvalue weighted by Gasteiger charge is 2.40. The molecular weight excluding hydrogens is 571 g/mol. The molecule has 0 saturated carbocycles. The number of rotatable bonds is 8. The van der Waals surface area contributed by atoms with Gasteiger partial charge in [-0.1, -0.05) is 46.9 Å². The molecule has 3 aromatic carbocycles. The number of carbonyl (C=O) groups is 2. The lowest BCUT2D eigenvalue weighted by atomic mass is 10.1. The molecule has 11 heteroatoms. The molecule has 1 heterocycles. The number of carbonyl (C=O) groups excluding carboxylic acids is 2. The topological polar surface area (TPSA) is 68.3 Å². The van der Waals surface area contributed by atoms with E-state index in [1.807, 2.05) is 0 Å². The molecule has 0 aliphatic carbocycles. The average Bonchev–Trinajstić information content (AvgIpc) is 3.12. The Kier molecular flexibility index (Phi) is 8.79. The molecule has 0 bridgehead atoms. The minimum absolute atomic E-state index is 0.140. The summed E-state index contributed by atoms with van der Waals surface area (Å²) in [6.07, 6.45) is 1.62. The third kappa shape index (κ3) is 6.05. The molecule has 1 aliphatic heterocycles. The summed E-state index contributed by atoms with van der Waals surface area (Å²) in [5, 5.41) is 1.68. The summed E-state index contributed by atoms with van der Waals surface area (Å²) in [6.45, 7) is -0.0420. The van der Waals surface area contributed by atoms with Crippen LogP contribution in [0.3, 0.4) is 0 Å². The van der Waals surface area contributed by atoms with Crippen LogP contribution in [0.15, 0.2) is 66.4 Å². The van der Waals surface area contributed by atoms with Gasteiger partial charge in [0.15, 0.2) is 16.6 Å². The predicted molar refractivity (Wildman–Crippen MR) is 152 cm³/mol. The lowest BCUT2D eigenvalue weighted by Gasteiger charge is -2.19. The molecule has 0 atom stereocenters. The van der Waals surface area contributed by atoms with Crippen LogP contribution in [0.4, 0.5) is 5.69 Å². The zero-order chi connectivity index (χ0) is 27.4. The quantitative estimate of drug-likeness (QED) is 0.171. The van der Waals surface area contributed by atoms with E-state index >= 15 is 0 Å². The standard InChI is InChI=1S/C27H21Cl3N2O5S/c1-35-24-12-16(3-10-23(24)37-15-17-4-5-19(29)13-21(17)30)11-22-26(34)32(20-8-6-18(28)7-9-20)27(38)31(22)14-25(33)36-2/h3-13H,14-15H2,1-2H3/b22-11-. The number of nitrogens with zero attached hydrogens (tertiary/aromatic N) is 2. The van der Waals surface area contributed by atoms with Gasteiger partial charge in [0.05, 0.1) is 19.9 Å². The maximum atomic E-state index is 13.5. The van der Waals surface area contributed by atoms with Crippen molar-refractivity contribution in [3.05, 3.63) is 92.6 Å². The molecule has 0 spiro atoms. The van der Waals surface area contributed by atoms with Crippen molar-refractivity contribution in [2.24, 2.45) is 0 Å². The minimum atomic E-state index is -0.550. The molecule has 3 aromatic rings. The van der Waals surface area contributed by atoms with Gasteiger partial charge in [0.1, 0.15) is 18.8 Å². The Morgan fingerprint density at radius 2 is 1.66 bits per heavy atom. The van der Waals surface area contributed by atoms with Crippen molar-refractivity contribution in [3.8, 4) is 11.5 Å². The second-order valence-electron chi connectivity index (χ2n) is 8.03. The third-order valence-electron chi connectivity index (χ3n) is 5.62. The van der Waals surface area contributed by atoms with E-state index in [2.05, 4.69) is 0 Å². The van der Waals surface area contributed by atoms with Crippen molar-refractivity contribution < 1.29 is 23.8 Å². The van der Waals surface area contributed by atoms with Crippen molar-refractivity contribution >= 4 is 75.8 Å². The molecule has 1 aliphatic rings. The Morgan fingerprint density at radius 1 is 0.947 bits per heavy atom. The van der Waals surface area contributed by atoms with Gasteiger partial charge in [-0.2, -0.15) is 0 Å². The van der Waals surface area contributed by atoms with Crippen molar-refractivity contribution in [3.63, 3.8) is 0 Å². The summed E-state index contributed by atoms with van der Waals surface area (Å²) in [5.74, 6) is -0.0428. The third-order valence-corrected chi connectivity index (χ3v) is 6.87. The zero-order valence-corrected chi connectivity index (χ0v) is 23.3. The molecular formula is C27H21Cl3N2O5S. The largest absolute Gasteiger partial charge is 0.493 e. The smallest absolute Gasteiger partial charge is 0.325 e. The van der Waals surface area contributed by atoms with Crippen LogP contribution in [0.2, 0.25) is 15.1 Å². The highest BCUT2D eigenvalue weighted by molar-refractivity contribution is 7.80. The first kappa shape index (κ1) is 27.7. The first-order chi connectivity index (χ1) is 18.2. The Bertz CT molecular complexity index is 1430. The summed E-state index contributed by atoms with van der Waals surface area (Å²) < 4.78 is 16.2. The van der Waals surface area contributed by atoms with E-state index < -0.39 is 11.9 Å². The maximum Gasteiger partial charge on any atom is 0.325 e. The SMILES string of the molecule is COC(=O)CN1C(=S)N(c2ccc(Cl)cc2)C(=O)/C1=C/c1ccc(OCc2ccc(Cl)cc2Cl)c(OC)c1. The Labute approximate surface area is 240 Å². The van der Waals surface area contributed by atoms with Gasteiger partial charge < -0.3 is 19.1 Å². The first-order valence-corrected chi connectivity index (χ1v) is 12.7. The van der Waals surface area contributed by atoms with Crippen molar-refractivity contribution in [2.75, 3.05) is 25.7 Å². The lowest BCUT2D eigenvalue weighted by molar-refractivity contribution is -0.140. The summed E-state index contributed by atoms with van der Waals surface area (Å²) in [7, 11) is 2.78. The van der Waals surface area contributed by atoms with Crippen LogP contribution >= 0.6 is 47.0 Å². The summed E-state index contributed by atoms with van der Waals surface area (Å²) >= 11 is 23.8. The van der Waals surface area contributed by atoms with E-state index in [4.69, 9.17) is 61.2 Å². The van der Waals surface area contributed by atoms with E-state index in [0.717, 1.165) is 5.56 Å². The monoisotopic (exact) mass is 590 g/mol. The Morgan fingerprint density at radius 3 is 2.32 bits per heavy atom. The van der Waals surface area contributed by atoms with Crippen LogP contribution in [-0.2, 0) is 20.9 Å². The van der Waals surface area contributed by atoms with Gasteiger partial charge in [-0.3, -0.25) is 14.5 Å². The number of halogens is 3. The number of amides is 1. The fourth-order valence-corrected chi connectivity index (χ4v) is 4.63. The minimum Gasteiger partial charge on any atom is -0.493 e. The molecule has 1 fully saturated rings. The van der Waals surface area contributed by atoms with Gasteiger partial charge in [-0.15, -0.1) is 0 Å². The number of anilines is 1. The van der Waals surface area contributed by atoms with Gasteiger partial charge in [0.2, 0.25) is 0 Å². The molecule has 7 nitrogen and oxygen atoms in total. The lowest BCUT2D eigenvalue weighted by Crippen LogP contribution is -2.35. The molecule has 38 heavy (non-hydrogen) atoms. The zero-order valence-electron chi connectivity index (χ0n) is 20.2. The van der Waals surface area contributed by atoms with Gasteiger partial charge in [0.25, 0.3) is 5.91 Å². The fourth-order valence-electron chi connectivity index (χ4n) is 3.69. The number of methoxy groups -OCH3 is 2. The predicted octanol–water partition coefficient (Wildman–Crippen LogP) is 6.38. The highest BCUT2D eigenvalue weighted by Crippen LogP contribution is 2.33. The maximum absolute atomic E-state index is 13.5. The van der Waals surface area contributed by atoms with E-state index in [9.17, 15) is 9.59 Å². The van der Waals surface area contributed by atoms with Crippen LogP contribution < -0.4 is 14.4 Å². The van der Waals surface area contributed by atoms with Crippen LogP contribution in [0.25, 0.3) is 6.08 Å². The number of benzene rings is 3. The number of thiocarbonyl (C=S) groups is 1. The van der Waals surface area contributed by atoms with Crippen LogP contribution in [0.1, 0.15) is 11.1 Å². The van der Waals surface area contributed by atoms with E-state index in [-0.39, 0.29) is 24.0 Å². The molecule has 1 saturated heterocycles. The molecule has 0 unspecified atom stereocenters. The first-order valence-electron chi connectivity index (χ1n) is 11.2. The van der Waals surface area contributed by atoms with Crippen LogP contribution in [-0.4, -0.2) is 42.7 Å². The number of hydrogen-bond donors (Lipinski definition) is 0. The molecule has 0 aromatic heterocycles. The molecule has 0 radical (unpaired) electrons. The van der Waals surface area contributed by atoms with Crippen molar-refractivity contribution in [1.82, 2.24) is 4.90 Å². The number of ether oxygens (including phenoxy) is 3. The fraction of sp³-hybridized carbons (Fsp3) is 0.148. The van der Waals surface area contributed by atoms with Gasteiger partial charge >= 0.3 is 5.97 Å². The van der Waals surface area contributed by atoms with E-state index in [0.29, 0.717) is 37.8 Å². The molecule has 1 amide bonds. The second-order valence-corrected chi connectivity index (χ2v) is 9.67. The van der Waals surface area contributed by atoms with Crippen LogP contribution in [0, 0.1) is 0 Å². The van der Waals surface area contributed by atoms with Gasteiger partial charge in [-0.25, -0.2) is 0 Å². The molecule has 196 valence electrons. The molecule has 0 N–H and O–H groups in total. The molecule has 4 rings (SSSR count). The van der Waals surface area contributed by atoms with Crippen molar-refractivity contribution in [2.45, 2.75) is 6.61 Å². The summed E-state index contributed by atoms with van der Waals surface area (Å²) in [5.41, 5.74) is 2.09. The summed E-state index contributed by atoms with van der Waals surface area (Å²) in [4.78, 5) is 28.4. The second kappa shape index (κ2) is 12.0. The Hall–Kier alpha value is -3.30. The Balaban J connectivity index is 1.64. The van der Waals surface area contributed by atoms with E-state index in [1.165, 1.54) is 24.0 Å². The van der Waals surface area contributed by atoms with Crippen LogP contribution in [0.5, 0.6) is 11.5 Å². The number of esters is 1. The van der Waals surface area contributed by atoms with Crippen molar-refractivity contribution in [1.29, 1.82) is 0 Å². The number of hydrogen-bond acceptors (Lipinski definition) is 6. The van der Waals surface area contributed by atoms with Gasteiger partial charge in [0, 0.05) is 20.6 Å². The average molecular weight is 592 g/mol.